The van der Waals surface area contributed by atoms with E-state index in [4.69, 9.17) is 9.25 Å². The van der Waals surface area contributed by atoms with Crippen LogP contribution in [0.3, 0.4) is 0 Å². The second-order valence-electron chi connectivity index (χ2n) is 5.04. The molecule has 2 aromatic carbocycles. The van der Waals surface area contributed by atoms with E-state index in [0.717, 1.165) is 0 Å². The minimum atomic E-state index is -0.660. The topological polar surface area (TPSA) is 113 Å². The summed E-state index contributed by atoms with van der Waals surface area (Å²) >= 11 is 0. The third-order valence-electron chi connectivity index (χ3n) is 3.24. The number of hydrogen-bond donors (Lipinski definition) is 2. The van der Waals surface area contributed by atoms with Gasteiger partial charge in [0.1, 0.15) is 5.75 Å². The van der Waals surface area contributed by atoms with Crippen LogP contribution >= 0.6 is 0 Å². The number of nitrogens with zero attached hydrogens (tertiary/aromatic N) is 2. The zero-order chi connectivity index (χ0) is 18.4. The van der Waals surface area contributed by atoms with Crippen molar-refractivity contribution in [2.45, 2.75) is 0 Å². The first kappa shape index (κ1) is 16.9. The molecule has 3 rings (SSSR count). The van der Waals surface area contributed by atoms with Crippen molar-refractivity contribution in [1.82, 2.24) is 0 Å². The highest BCUT2D eigenvalue weighted by molar-refractivity contribution is 5.97. The minimum Gasteiger partial charge on any atom is -0.507 e. The smallest absolute Gasteiger partial charge is 0.398 e. The van der Waals surface area contributed by atoms with Crippen molar-refractivity contribution in [2.75, 3.05) is 5.48 Å². The Morgan fingerprint density at radius 3 is 2.46 bits per heavy atom. The van der Waals surface area contributed by atoms with Crippen molar-refractivity contribution in [3.05, 3.63) is 78.3 Å². The van der Waals surface area contributed by atoms with E-state index in [2.05, 4.69) is 15.7 Å². The van der Waals surface area contributed by atoms with Gasteiger partial charge in [0.05, 0.1) is 23.2 Å². The van der Waals surface area contributed by atoms with Crippen LogP contribution in [-0.2, 0) is 4.84 Å². The van der Waals surface area contributed by atoms with E-state index < -0.39 is 11.9 Å². The van der Waals surface area contributed by atoms with Gasteiger partial charge in [-0.15, -0.1) is 10.2 Å². The van der Waals surface area contributed by atoms with Crippen LogP contribution in [0, 0.1) is 0 Å². The van der Waals surface area contributed by atoms with Crippen molar-refractivity contribution in [3.8, 4) is 5.75 Å². The maximum absolute atomic E-state index is 11.9. The highest BCUT2D eigenvalue weighted by Crippen LogP contribution is 2.20. The van der Waals surface area contributed by atoms with Gasteiger partial charge in [0, 0.05) is 0 Å². The van der Waals surface area contributed by atoms with E-state index in [9.17, 15) is 14.7 Å². The number of aromatic hydroxyl groups is 1. The largest absolute Gasteiger partial charge is 0.507 e. The van der Waals surface area contributed by atoms with E-state index in [1.807, 2.05) is 0 Å². The lowest BCUT2D eigenvalue weighted by atomic mass is 10.2. The Morgan fingerprint density at radius 2 is 1.77 bits per heavy atom. The van der Waals surface area contributed by atoms with E-state index in [1.54, 1.807) is 42.5 Å². The molecule has 130 valence electrons. The average molecular weight is 351 g/mol. The van der Waals surface area contributed by atoms with E-state index in [-0.39, 0.29) is 17.1 Å². The molecular weight excluding hydrogens is 338 g/mol. The molecule has 0 aliphatic rings. The molecule has 8 nitrogen and oxygen atoms in total. The lowest BCUT2D eigenvalue weighted by Gasteiger charge is -2.05. The molecule has 0 spiro atoms. The Kier molecular flexibility index (Phi) is 5.04. The molecule has 1 aromatic heterocycles. The van der Waals surface area contributed by atoms with Gasteiger partial charge in [-0.1, -0.05) is 12.1 Å². The summed E-state index contributed by atoms with van der Waals surface area (Å²) in [5.41, 5.74) is 3.45. The number of benzene rings is 2. The summed E-state index contributed by atoms with van der Waals surface area (Å²) in [6.45, 7) is 0. The van der Waals surface area contributed by atoms with Crippen LogP contribution in [0.2, 0.25) is 0 Å². The highest BCUT2D eigenvalue weighted by atomic mass is 16.7. The molecule has 26 heavy (non-hydrogen) atoms. The third-order valence-corrected chi connectivity index (χ3v) is 3.24. The molecule has 1 heterocycles. The lowest BCUT2D eigenvalue weighted by Crippen LogP contribution is -2.09. The van der Waals surface area contributed by atoms with Gasteiger partial charge in [-0.25, -0.2) is 10.3 Å². The zero-order valence-electron chi connectivity index (χ0n) is 13.3. The molecule has 0 aliphatic carbocycles. The number of para-hydroxylation sites is 1. The van der Waals surface area contributed by atoms with Crippen molar-refractivity contribution >= 4 is 23.3 Å². The molecule has 2 N–H and O–H groups in total. The molecule has 0 bridgehead atoms. The van der Waals surface area contributed by atoms with E-state index in [0.29, 0.717) is 11.4 Å². The van der Waals surface area contributed by atoms with E-state index >= 15 is 0 Å². The Labute approximate surface area is 147 Å². The van der Waals surface area contributed by atoms with Crippen molar-refractivity contribution in [3.63, 3.8) is 0 Å². The van der Waals surface area contributed by atoms with Gasteiger partial charge in [-0.3, -0.25) is 4.79 Å². The molecule has 0 saturated heterocycles. The van der Waals surface area contributed by atoms with Gasteiger partial charge in [0.15, 0.2) is 0 Å². The maximum atomic E-state index is 11.9. The van der Waals surface area contributed by atoms with Gasteiger partial charge < -0.3 is 14.4 Å². The van der Waals surface area contributed by atoms with Crippen LogP contribution in [0.5, 0.6) is 5.75 Å². The summed E-state index contributed by atoms with van der Waals surface area (Å²) in [7, 11) is 0. The molecule has 0 radical (unpaired) electrons. The molecule has 0 saturated carbocycles. The Hall–Kier alpha value is -3.94. The maximum Gasteiger partial charge on any atom is 0.398 e. The predicted octanol–water partition coefficient (Wildman–Crippen LogP) is 4.09. The number of carbonyl (C=O) groups is 2. The van der Waals surface area contributed by atoms with Gasteiger partial charge >= 0.3 is 5.97 Å². The van der Waals surface area contributed by atoms with Crippen LogP contribution in [0.1, 0.15) is 20.9 Å². The molecule has 3 aromatic rings. The molecule has 0 unspecified atom stereocenters. The molecule has 0 atom stereocenters. The van der Waals surface area contributed by atoms with Gasteiger partial charge in [-0.05, 0) is 48.5 Å². The number of nitrogens with one attached hydrogen (secondary N) is 1. The number of furan rings is 1. The SMILES string of the molecule is O=C(ONc1ccc(N=NC(=O)c2ccccc2O)cc1)c1ccco1. The highest BCUT2D eigenvalue weighted by Gasteiger charge is 2.10. The fourth-order valence-corrected chi connectivity index (χ4v) is 1.96. The first-order valence-electron chi connectivity index (χ1n) is 7.48. The third kappa shape index (κ3) is 4.12. The number of rotatable bonds is 5. The van der Waals surface area contributed by atoms with Crippen LogP contribution in [-0.4, -0.2) is 17.0 Å². The molecular formula is C18H13N3O5. The Balaban J connectivity index is 1.58. The number of anilines is 1. The predicted molar refractivity (Wildman–Crippen MR) is 91.1 cm³/mol. The van der Waals surface area contributed by atoms with Crippen LogP contribution in [0.4, 0.5) is 11.4 Å². The van der Waals surface area contributed by atoms with Crippen LogP contribution < -0.4 is 5.48 Å². The summed E-state index contributed by atoms with van der Waals surface area (Å²) in [6.07, 6.45) is 1.37. The number of phenols is 1. The van der Waals surface area contributed by atoms with Crippen LogP contribution in [0.15, 0.2) is 81.6 Å². The minimum absolute atomic E-state index is 0.0689. The molecule has 0 aliphatic heterocycles. The molecule has 0 fully saturated rings. The first-order chi connectivity index (χ1) is 12.6. The second kappa shape index (κ2) is 7.75. The Bertz CT molecular complexity index is 934. The summed E-state index contributed by atoms with van der Waals surface area (Å²) in [5, 5.41) is 17.0. The summed E-state index contributed by atoms with van der Waals surface area (Å²) in [6, 6.07) is 15.5. The number of azo groups is 1. The summed E-state index contributed by atoms with van der Waals surface area (Å²) in [4.78, 5) is 28.4. The van der Waals surface area contributed by atoms with Crippen LogP contribution in [0.25, 0.3) is 0 Å². The van der Waals surface area contributed by atoms with Gasteiger partial charge in [0.2, 0.25) is 5.76 Å². The van der Waals surface area contributed by atoms with Gasteiger partial charge in [0.25, 0.3) is 5.91 Å². The van der Waals surface area contributed by atoms with Crippen molar-refractivity contribution < 1.29 is 24.0 Å². The van der Waals surface area contributed by atoms with Crippen molar-refractivity contribution in [2.24, 2.45) is 10.2 Å². The normalized spacial score (nSPS) is 10.6. The first-order valence-corrected chi connectivity index (χ1v) is 7.48. The van der Waals surface area contributed by atoms with E-state index in [1.165, 1.54) is 24.5 Å². The number of amides is 1. The fraction of sp³-hybridized carbons (Fsp3) is 0. The van der Waals surface area contributed by atoms with Gasteiger partial charge in [-0.2, -0.15) is 0 Å². The zero-order valence-corrected chi connectivity index (χ0v) is 13.3. The molecule has 1 amide bonds. The number of hydrogen-bond acceptors (Lipinski definition) is 7. The second-order valence-corrected chi connectivity index (χ2v) is 5.04. The Morgan fingerprint density at radius 1 is 1.00 bits per heavy atom. The molecule has 8 heteroatoms. The standard InChI is InChI=1S/C18H13N3O5/c22-15-5-2-1-4-14(15)17(23)20-19-12-7-9-13(10-8-12)21-26-18(24)16-6-3-11-25-16/h1-11,21-22H. The quantitative estimate of drug-likeness (QED) is 0.528. The monoisotopic (exact) mass is 351 g/mol. The average Bonchev–Trinajstić information content (AvgIpc) is 3.20. The number of phenolic OH excluding ortho intramolecular Hbond substituents is 1. The number of carbonyl (C=O) groups excluding carboxylic acids is 2. The fourth-order valence-electron chi connectivity index (χ4n) is 1.96. The lowest BCUT2D eigenvalue weighted by molar-refractivity contribution is 0.0560. The summed E-state index contributed by atoms with van der Waals surface area (Å²) in [5.74, 6) is -1.40. The summed E-state index contributed by atoms with van der Waals surface area (Å²) < 4.78 is 4.91. The van der Waals surface area contributed by atoms with Crippen molar-refractivity contribution in [1.29, 1.82) is 0 Å².